The predicted octanol–water partition coefficient (Wildman–Crippen LogP) is 2.61. The summed E-state index contributed by atoms with van der Waals surface area (Å²) in [7, 11) is 0. The molecule has 0 saturated heterocycles. The van der Waals surface area contributed by atoms with E-state index in [0.717, 1.165) is 5.56 Å². The number of amides is 1. The number of rotatable bonds is 6. The van der Waals surface area contributed by atoms with E-state index in [-0.39, 0.29) is 18.6 Å². The van der Waals surface area contributed by atoms with Crippen molar-refractivity contribution in [1.29, 1.82) is 0 Å². The summed E-state index contributed by atoms with van der Waals surface area (Å²) in [6, 6.07) is 9.44. The van der Waals surface area contributed by atoms with Crippen molar-refractivity contribution in [1.82, 2.24) is 5.32 Å². The van der Waals surface area contributed by atoms with Crippen molar-refractivity contribution in [2.24, 2.45) is 11.7 Å². The molecule has 0 fully saturated rings. The molecule has 19 heavy (non-hydrogen) atoms. The molecule has 0 heterocycles. The highest BCUT2D eigenvalue weighted by atomic mass is 32.1. The number of nitrogens with two attached hydrogens (primary N) is 1. The van der Waals surface area contributed by atoms with E-state index in [0.29, 0.717) is 11.4 Å². The molecule has 104 valence electrons. The van der Waals surface area contributed by atoms with Crippen molar-refractivity contribution < 1.29 is 9.53 Å². The number of benzene rings is 1. The number of alkyl carbamates (subject to hydrolysis) is 1. The van der Waals surface area contributed by atoms with Crippen molar-refractivity contribution >= 4 is 23.3 Å². The third-order valence-corrected chi connectivity index (χ3v) is 2.91. The summed E-state index contributed by atoms with van der Waals surface area (Å²) in [5, 5.41) is 2.79. The van der Waals surface area contributed by atoms with E-state index < -0.39 is 6.09 Å². The molecule has 0 bridgehead atoms. The lowest BCUT2D eigenvalue weighted by Crippen LogP contribution is -2.41. The third-order valence-electron chi connectivity index (χ3n) is 2.74. The van der Waals surface area contributed by atoms with Gasteiger partial charge < -0.3 is 15.8 Å². The second kappa shape index (κ2) is 7.74. The van der Waals surface area contributed by atoms with E-state index in [2.05, 4.69) is 5.32 Å². The summed E-state index contributed by atoms with van der Waals surface area (Å²) < 4.78 is 5.16. The Morgan fingerprint density at radius 3 is 2.53 bits per heavy atom. The molecule has 0 spiro atoms. The van der Waals surface area contributed by atoms with Crippen LogP contribution in [0, 0.1) is 5.92 Å². The van der Waals surface area contributed by atoms with Crippen LogP contribution in [-0.4, -0.2) is 17.1 Å². The molecular formula is C14H20N2O2S. The van der Waals surface area contributed by atoms with Gasteiger partial charge in [-0.3, -0.25) is 0 Å². The van der Waals surface area contributed by atoms with Crippen LogP contribution in [0.4, 0.5) is 4.79 Å². The molecule has 0 aliphatic rings. The third kappa shape index (κ3) is 6.20. The summed E-state index contributed by atoms with van der Waals surface area (Å²) in [4.78, 5) is 12.1. The highest BCUT2D eigenvalue weighted by Crippen LogP contribution is 2.07. The smallest absolute Gasteiger partial charge is 0.407 e. The molecule has 1 atom stereocenters. The lowest BCUT2D eigenvalue weighted by Gasteiger charge is -2.21. The highest BCUT2D eigenvalue weighted by molar-refractivity contribution is 7.80. The first kappa shape index (κ1) is 15.4. The Labute approximate surface area is 119 Å². The number of hydrogen-bond donors (Lipinski definition) is 2. The Hall–Kier alpha value is -1.62. The maximum absolute atomic E-state index is 11.7. The van der Waals surface area contributed by atoms with E-state index in [1.54, 1.807) is 0 Å². The van der Waals surface area contributed by atoms with Crippen LogP contribution in [0.25, 0.3) is 0 Å². The van der Waals surface area contributed by atoms with Crippen molar-refractivity contribution in [2.45, 2.75) is 32.9 Å². The van der Waals surface area contributed by atoms with Gasteiger partial charge in [0.2, 0.25) is 0 Å². The van der Waals surface area contributed by atoms with Gasteiger partial charge in [0.05, 0.1) is 4.99 Å². The van der Waals surface area contributed by atoms with Gasteiger partial charge in [-0.1, -0.05) is 56.4 Å². The van der Waals surface area contributed by atoms with Crippen LogP contribution in [-0.2, 0) is 11.3 Å². The number of ether oxygens (including phenoxy) is 1. The fourth-order valence-corrected chi connectivity index (χ4v) is 1.77. The number of thiocarbonyl (C=S) groups is 1. The van der Waals surface area contributed by atoms with E-state index in [1.165, 1.54) is 0 Å². The summed E-state index contributed by atoms with van der Waals surface area (Å²) in [5.41, 5.74) is 6.46. The Morgan fingerprint density at radius 2 is 2.00 bits per heavy atom. The number of carbonyl (C=O) groups excluding carboxylic acids is 1. The van der Waals surface area contributed by atoms with Crippen molar-refractivity contribution in [2.75, 3.05) is 0 Å². The predicted molar refractivity (Wildman–Crippen MR) is 79.8 cm³/mol. The second-order valence-electron chi connectivity index (χ2n) is 4.73. The standard InChI is InChI=1S/C14H20N2O2S/c1-10(2)12(8-13(15)19)16-14(17)18-9-11-6-4-3-5-7-11/h3-7,10,12H,8-9H2,1-2H3,(H2,15,19)(H,16,17)/t12-/m1/s1. The van der Waals surface area contributed by atoms with Crippen molar-refractivity contribution in [3.8, 4) is 0 Å². The van der Waals surface area contributed by atoms with Crippen LogP contribution in [0.1, 0.15) is 25.8 Å². The second-order valence-corrected chi connectivity index (χ2v) is 5.25. The molecule has 5 heteroatoms. The maximum Gasteiger partial charge on any atom is 0.407 e. The topological polar surface area (TPSA) is 64.3 Å². The van der Waals surface area contributed by atoms with Crippen LogP contribution in [0.2, 0.25) is 0 Å². The number of nitrogens with one attached hydrogen (secondary N) is 1. The monoisotopic (exact) mass is 280 g/mol. The first-order valence-corrected chi connectivity index (χ1v) is 6.65. The van der Waals surface area contributed by atoms with Gasteiger partial charge >= 0.3 is 6.09 Å². The zero-order chi connectivity index (χ0) is 14.3. The van der Waals surface area contributed by atoms with Gasteiger partial charge in [0.15, 0.2) is 0 Å². The van der Waals surface area contributed by atoms with Crippen LogP contribution in [0.3, 0.4) is 0 Å². The molecule has 1 rings (SSSR count). The van der Waals surface area contributed by atoms with Crippen LogP contribution < -0.4 is 11.1 Å². The molecule has 4 nitrogen and oxygen atoms in total. The van der Waals surface area contributed by atoms with Crippen molar-refractivity contribution in [3.05, 3.63) is 35.9 Å². The highest BCUT2D eigenvalue weighted by Gasteiger charge is 2.17. The van der Waals surface area contributed by atoms with Gasteiger partial charge in [-0.05, 0) is 11.5 Å². The lowest BCUT2D eigenvalue weighted by molar-refractivity contribution is 0.133. The van der Waals surface area contributed by atoms with E-state index in [1.807, 2.05) is 44.2 Å². The minimum Gasteiger partial charge on any atom is -0.445 e. The fraction of sp³-hybridized carbons (Fsp3) is 0.429. The summed E-state index contributed by atoms with van der Waals surface area (Å²) in [5.74, 6) is 0.241. The molecule has 0 unspecified atom stereocenters. The van der Waals surface area contributed by atoms with Gasteiger partial charge in [0.25, 0.3) is 0 Å². The van der Waals surface area contributed by atoms with Gasteiger partial charge in [-0.15, -0.1) is 0 Å². The zero-order valence-electron chi connectivity index (χ0n) is 11.3. The number of carbonyl (C=O) groups is 1. The quantitative estimate of drug-likeness (QED) is 0.786. The Balaban J connectivity index is 2.42. The lowest BCUT2D eigenvalue weighted by atomic mass is 10.0. The summed E-state index contributed by atoms with van der Waals surface area (Å²) in [6.45, 7) is 4.26. The zero-order valence-corrected chi connectivity index (χ0v) is 12.1. The molecule has 1 aromatic rings. The summed E-state index contributed by atoms with van der Waals surface area (Å²) in [6.07, 6.45) is 0.0340. The first-order valence-electron chi connectivity index (χ1n) is 6.24. The number of hydrogen-bond acceptors (Lipinski definition) is 3. The molecular weight excluding hydrogens is 260 g/mol. The summed E-state index contributed by atoms with van der Waals surface area (Å²) >= 11 is 4.87. The van der Waals surface area contributed by atoms with Crippen LogP contribution in [0.5, 0.6) is 0 Å². The largest absolute Gasteiger partial charge is 0.445 e. The van der Waals surface area contributed by atoms with Crippen LogP contribution in [0.15, 0.2) is 30.3 Å². The molecule has 0 aliphatic carbocycles. The minimum absolute atomic E-state index is 0.0965. The molecule has 0 radical (unpaired) electrons. The molecule has 0 saturated carbocycles. The van der Waals surface area contributed by atoms with Gasteiger partial charge in [0, 0.05) is 12.5 Å². The van der Waals surface area contributed by atoms with E-state index in [9.17, 15) is 4.79 Å². The minimum atomic E-state index is -0.446. The van der Waals surface area contributed by atoms with E-state index >= 15 is 0 Å². The maximum atomic E-state index is 11.7. The SMILES string of the molecule is CC(C)[C@@H](CC(N)=S)NC(=O)OCc1ccccc1. The van der Waals surface area contributed by atoms with E-state index in [4.69, 9.17) is 22.7 Å². The average Bonchev–Trinajstić information content (AvgIpc) is 2.36. The Morgan fingerprint density at radius 1 is 1.37 bits per heavy atom. The van der Waals surface area contributed by atoms with Gasteiger partial charge in [-0.2, -0.15) is 0 Å². The molecule has 1 aromatic carbocycles. The molecule has 3 N–H and O–H groups in total. The normalized spacial score (nSPS) is 11.9. The first-order chi connectivity index (χ1) is 8.99. The fourth-order valence-electron chi connectivity index (χ4n) is 1.59. The Bertz CT molecular complexity index is 421. The van der Waals surface area contributed by atoms with Gasteiger partial charge in [0.1, 0.15) is 6.61 Å². The Kier molecular flexibility index (Phi) is 6.29. The molecule has 0 aromatic heterocycles. The molecule has 0 aliphatic heterocycles. The van der Waals surface area contributed by atoms with Gasteiger partial charge in [-0.25, -0.2) is 4.79 Å². The van der Waals surface area contributed by atoms with Crippen LogP contribution >= 0.6 is 12.2 Å². The average molecular weight is 280 g/mol. The van der Waals surface area contributed by atoms with Crippen molar-refractivity contribution in [3.63, 3.8) is 0 Å². The molecule has 1 amide bonds.